The van der Waals surface area contributed by atoms with Crippen molar-refractivity contribution < 1.29 is 14.0 Å². The lowest BCUT2D eigenvalue weighted by atomic mass is 10.1. The summed E-state index contributed by atoms with van der Waals surface area (Å²) in [5, 5.41) is 0. The van der Waals surface area contributed by atoms with Crippen LogP contribution in [0.4, 0.5) is 15.8 Å². The van der Waals surface area contributed by atoms with E-state index in [0.29, 0.717) is 38.4 Å². The molecule has 2 aliphatic rings. The molecule has 1 atom stereocenters. The van der Waals surface area contributed by atoms with E-state index in [0.717, 1.165) is 16.8 Å². The average molecular weight is 395 g/mol. The Balaban J connectivity index is 1.40. The van der Waals surface area contributed by atoms with E-state index in [1.807, 2.05) is 47.9 Å². The van der Waals surface area contributed by atoms with Crippen molar-refractivity contribution in [2.45, 2.75) is 20.3 Å². The van der Waals surface area contributed by atoms with Crippen molar-refractivity contribution in [1.82, 2.24) is 4.90 Å². The summed E-state index contributed by atoms with van der Waals surface area (Å²) in [4.78, 5) is 31.2. The molecular formula is C23H26FN3O2. The topological polar surface area (TPSA) is 43.9 Å². The summed E-state index contributed by atoms with van der Waals surface area (Å²) in [5.41, 5.74) is 3.69. The van der Waals surface area contributed by atoms with E-state index < -0.39 is 0 Å². The van der Waals surface area contributed by atoms with E-state index >= 15 is 0 Å². The molecule has 6 heteroatoms. The molecule has 0 N–H and O–H groups in total. The fraction of sp³-hybridized carbons (Fsp3) is 0.391. The highest BCUT2D eigenvalue weighted by molar-refractivity contribution is 6.01. The molecule has 2 aromatic rings. The zero-order valence-electron chi connectivity index (χ0n) is 16.9. The predicted molar refractivity (Wildman–Crippen MR) is 112 cm³/mol. The number of halogens is 1. The van der Waals surface area contributed by atoms with Gasteiger partial charge in [0.15, 0.2) is 0 Å². The van der Waals surface area contributed by atoms with Crippen LogP contribution < -0.4 is 9.80 Å². The Labute approximate surface area is 170 Å². The molecule has 2 aromatic carbocycles. The SMILES string of the molecule is Cc1cccc(N2CC(C(=O)N3CCN(c4ccccc4F)CC3)CC2=O)c1C. The van der Waals surface area contributed by atoms with Gasteiger partial charge in [-0.2, -0.15) is 0 Å². The Kier molecular flexibility index (Phi) is 5.26. The predicted octanol–water partition coefficient (Wildman–Crippen LogP) is 3.14. The third-order valence-electron chi connectivity index (χ3n) is 6.13. The summed E-state index contributed by atoms with van der Waals surface area (Å²) in [6.07, 6.45) is 0.250. The summed E-state index contributed by atoms with van der Waals surface area (Å²) >= 11 is 0. The van der Waals surface area contributed by atoms with Gasteiger partial charge in [-0.15, -0.1) is 0 Å². The van der Waals surface area contributed by atoms with Crippen molar-refractivity contribution in [3.05, 3.63) is 59.4 Å². The van der Waals surface area contributed by atoms with Gasteiger partial charge in [0.1, 0.15) is 5.82 Å². The molecule has 5 nitrogen and oxygen atoms in total. The smallest absolute Gasteiger partial charge is 0.228 e. The van der Waals surface area contributed by atoms with Crippen molar-refractivity contribution >= 4 is 23.2 Å². The van der Waals surface area contributed by atoms with Gasteiger partial charge >= 0.3 is 0 Å². The van der Waals surface area contributed by atoms with Gasteiger partial charge in [0, 0.05) is 44.8 Å². The van der Waals surface area contributed by atoms with Crippen molar-refractivity contribution in [2.24, 2.45) is 5.92 Å². The summed E-state index contributed by atoms with van der Waals surface area (Å²) in [5.74, 6) is -0.526. The fourth-order valence-electron chi connectivity index (χ4n) is 4.27. The minimum Gasteiger partial charge on any atom is -0.366 e. The van der Waals surface area contributed by atoms with Gasteiger partial charge in [0.25, 0.3) is 0 Å². The average Bonchev–Trinajstić information content (AvgIpc) is 3.11. The summed E-state index contributed by atoms with van der Waals surface area (Å²) in [7, 11) is 0. The minimum absolute atomic E-state index is 0.00189. The molecular weight excluding hydrogens is 369 g/mol. The molecule has 2 heterocycles. The molecule has 0 radical (unpaired) electrons. The molecule has 2 amide bonds. The minimum atomic E-state index is -0.317. The first-order valence-corrected chi connectivity index (χ1v) is 10.1. The lowest BCUT2D eigenvalue weighted by Gasteiger charge is -2.37. The van der Waals surface area contributed by atoms with Crippen LogP contribution in [0.2, 0.25) is 0 Å². The van der Waals surface area contributed by atoms with Crippen LogP contribution in [0.3, 0.4) is 0 Å². The van der Waals surface area contributed by atoms with Gasteiger partial charge in [0.05, 0.1) is 11.6 Å². The van der Waals surface area contributed by atoms with Crippen LogP contribution in [-0.2, 0) is 9.59 Å². The summed E-state index contributed by atoms with van der Waals surface area (Å²) in [6, 6.07) is 12.6. The van der Waals surface area contributed by atoms with E-state index in [1.165, 1.54) is 6.07 Å². The van der Waals surface area contributed by atoms with Gasteiger partial charge in [-0.25, -0.2) is 4.39 Å². The van der Waals surface area contributed by atoms with Crippen LogP contribution in [0.5, 0.6) is 0 Å². The van der Waals surface area contributed by atoms with Crippen molar-refractivity contribution in [3.8, 4) is 0 Å². The number of aryl methyl sites for hydroxylation is 1. The largest absolute Gasteiger partial charge is 0.366 e. The number of para-hydroxylation sites is 1. The quantitative estimate of drug-likeness (QED) is 0.802. The van der Waals surface area contributed by atoms with E-state index in [4.69, 9.17) is 0 Å². The molecule has 152 valence electrons. The Morgan fingerprint density at radius 1 is 0.966 bits per heavy atom. The van der Waals surface area contributed by atoms with E-state index in [9.17, 15) is 14.0 Å². The number of amides is 2. The van der Waals surface area contributed by atoms with Crippen molar-refractivity contribution in [2.75, 3.05) is 42.5 Å². The molecule has 0 bridgehead atoms. The van der Waals surface area contributed by atoms with E-state index in [-0.39, 0.29) is 30.0 Å². The lowest BCUT2D eigenvalue weighted by molar-refractivity contribution is -0.136. The third-order valence-corrected chi connectivity index (χ3v) is 6.13. The number of carbonyl (C=O) groups excluding carboxylic acids is 2. The number of carbonyl (C=O) groups is 2. The monoisotopic (exact) mass is 395 g/mol. The normalized spacial score (nSPS) is 19.8. The Morgan fingerprint density at radius 3 is 2.38 bits per heavy atom. The van der Waals surface area contributed by atoms with E-state index in [1.54, 1.807) is 17.0 Å². The highest BCUT2D eigenvalue weighted by Crippen LogP contribution is 2.30. The maximum Gasteiger partial charge on any atom is 0.228 e. The van der Waals surface area contributed by atoms with Gasteiger partial charge in [0.2, 0.25) is 11.8 Å². The lowest BCUT2D eigenvalue weighted by Crippen LogP contribution is -2.51. The zero-order chi connectivity index (χ0) is 20.5. The van der Waals surface area contributed by atoms with Crippen LogP contribution in [0.15, 0.2) is 42.5 Å². The van der Waals surface area contributed by atoms with Crippen LogP contribution in [0.1, 0.15) is 17.5 Å². The number of nitrogens with zero attached hydrogens (tertiary/aromatic N) is 3. The molecule has 0 saturated carbocycles. The number of rotatable bonds is 3. The number of hydrogen-bond acceptors (Lipinski definition) is 3. The van der Waals surface area contributed by atoms with Crippen molar-refractivity contribution in [1.29, 1.82) is 0 Å². The number of hydrogen-bond donors (Lipinski definition) is 0. The molecule has 0 aliphatic carbocycles. The van der Waals surface area contributed by atoms with Crippen LogP contribution in [-0.4, -0.2) is 49.4 Å². The number of anilines is 2. The van der Waals surface area contributed by atoms with Crippen LogP contribution >= 0.6 is 0 Å². The second kappa shape index (κ2) is 7.85. The maximum absolute atomic E-state index is 14.0. The molecule has 2 fully saturated rings. The maximum atomic E-state index is 14.0. The third kappa shape index (κ3) is 3.71. The molecule has 2 aliphatic heterocycles. The molecule has 29 heavy (non-hydrogen) atoms. The molecule has 2 saturated heterocycles. The standard InChI is InChI=1S/C23H26FN3O2/c1-16-6-5-9-20(17(16)2)27-15-18(14-22(27)28)23(29)26-12-10-25(11-13-26)21-8-4-3-7-19(21)24/h3-9,18H,10-15H2,1-2H3. The summed E-state index contributed by atoms with van der Waals surface area (Å²) < 4.78 is 14.0. The Bertz CT molecular complexity index is 937. The second-order valence-corrected chi connectivity index (χ2v) is 7.89. The highest BCUT2D eigenvalue weighted by Gasteiger charge is 2.38. The zero-order valence-corrected chi connectivity index (χ0v) is 16.9. The van der Waals surface area contributed by atoms with Crippen LogP contribution in [0.25, 0.3) is 0 Å². The Hall–Kier alpha value is -2.89. The first kappa shape index (κ1) is 19.4. The van der Waals surface area contributed by atoms with Gasteiger partial charge in [-0.05, 0) is 43.2 Å². The van der Waals surface area contributed by atoms with Gasteiger partial charge < -0.3 is 14.7 Å². The van der Waals surface area contributed by atoms with E-state index in [2.05, 4.69) is 0 Å². The summed E-state index contributed by atoms with van der Waals surface area (Å²) in [6.45, 7) is 6.73. The second-order valence-electron chi connectivity index (χ2n) is 7.89. The molecule has 0 aromatic heterocycles. The molecule has 0 spiro atoms. The molecule has 1 unspecified atom stereocenters. The van der Waals surface area contributed by atoms with Crippen LogP contribution in [0, 0.1) is 25.6 Å². The first-order valence-electron chi connectivity index (χ1n) is 10.1. The number of piperazine rings is 1. The highest BCUT2D eigenvalue weighted by atomic mass is 19.1. The number of benzene rings is 2. The van der Waals surface area contributed by atoms with Crippen molar-refractivity contribution in [3.63, 3.8) is 0 Å². The van der Waals surface area contributed by atoms with Gasteiger partial charge in [-0.3, -0.25) is 9.59 Å². The van der Waals surface area contributed by atoms with Gasteiger partial charge in [-0.1, -0.05) is 24.3 Å². The first-order chi connectivity index (χ1) is 14.0. The Morgan fingerprint density at radius 2 is 1.66 bits per heavy atom. The fourth-order valence-corrected chi connectivity index (χ4v) is 4.27. The molecule has 4 rings (SSSR count).